The van der Waals surface area contributed by atoms with E-state index in [-0.39, 0.29) is 0 Å². The van der Waals surface area contributed by atoms with Crippen LogP contribution in [0, 0.1) is 5.92 Å². The van der Waals surface area contributed by atoms with Gasteiger partial charge in [0, 0.05) is 45.0 Å². The van der Waals surface area contributed by atoms with Crippen molar-refractivity contribution in [1.82, 2.24) is 15.6 Å². The molecular formula is C17H31N5S. The highest BCUT2D eigenvalue weighted by Gasteiger charge is 2.15. The summed E-state index contributed by atoms with van der Waals surface area (Å²) in [4.78, 5) is 11.4. The van der Waals surface area contributed by atoms with Crippen molar-refractivity contribution in [3.05, 3.63) is 11.1 Å². The molecule has 0 atom stereocenters. The molecule has 0 bridgehead atoms. The molecule has 0 aliphatic carbocycles. The van der Waals surface area contributed by atoms with Crippen molar-refractivity contribution in [3.63, 3.8) is 0 Å². The van der Waals surface area contributed by atoms with Gasteiger partial charge in [0.05, 0.1) is 5.69 Å². The fourth-order valence-corrected chi connectivity index (χ4v) is 3.63. The van der Waals surface area contributed by atoms with Gasteiger partial charge in [0.15, 0.2) is 11.1 Å². The van der Waals surface area contributed by atoms with Gasteiger partial charge in [-0.1, -0.05) is 13.8 Å². The average molecular weight is 338 g/mol. The highest BCUT2D eigenvalue weighted by atomic mass is 32.1. The molecule has 1 aliphatic heterocycles. The number of aromatic nitrogens is 1. The van der Waals surface area contributed by atoms with Gasteiger partial charge in [-0.3, -0.25) is 4.99 Å². The highest BCUT2D eigenvalue weighted by Crippen LogP contribution is 2.24. The molecule has 0 spiro atoms. The Balaban J connectivity index is 1.65. The number of rotatable bonds is 8. The van der Waals surface area contributed by atoms with Gasteiger partial charge in [-0.25, -0.2) is 4.98 Å². The van der Waals surface area contributed by atoms with E-state index < -0.39 is 0 Å². The number of guanidine groups is 1. The van der Waals surface area contributed by atoms with Crippen LogP contribution in [0.2, 0.25) is 0 Å². The first kappa shape index (κ1) is 18.0. The molecule has 1 aromatic heterocycles. The number of hydrogen-bond acceptors (Lipinski definition) is 4. The van der Waals surface area contributed by atoms with Gasteiger partial charge in [0.2, 0.25) is 0 Å². The summed E-state index contributed by atoms with van der Waals surface area (Å²) < 4.78 is 0. The van der Waals surface area contributed by atoms with Gasteiger partial charge in [-0.2, -0.15) is 0 Å². The summed E-state index contributed by atoms with van der Waals surface area (Å²) in [5, 5.41) is 10.1. The number of aliphatic imine (C=N–C) groups is 1. The number of hydrogen-bond donors (Lipinski definition) is 2. The van der Waals surface area contributed by atoms with E-state index in [4.69, 9.17) is 4.98 Å². The van der Waals surface area contributed by atoms with E-state index in [1.807, 2.05) is 7.05 Å². The predicted molar refractivity (Wildman–Crippen MR) is 101 cm³/mol. The SMILES string of the molecule is CN=C(NCCCC(C)C)NCCc1csc(N2CCCC2)n1. The Bertz CT molecular complexity index is 477. The Kier molecular flexibility index (Phi) is 7.65. The molecule has 2 heterocycles. The normalized spacial score (nSPS) is 15.5. The van der Waals surface area contributed by atoms with Crippen LogP contribution >= 0.6 is 11.3 Å². The zero-order valence-electron chi connectivity index (χ0n) is 14.8. The van der Waals surface area contributed by atoms with Gasteiger partial charge < -0.3 is 15.5 Å². The van der Waals surface area contributed by atoms with Crippen LogP contribution in [-0.2, 0) is 6.42 Å². The lowest BCUT2D eigenvalue weighted by molar-refractivity contribution is 0.549. The largest absolute Gasteiger partial charge is 0.356 e. The summed E-state index contributed by atoms with van der Waals surface area (Å²) in [6.45, 7) is 8.70. The standard InChI is InChI=1S/C17H31N5S/c1-14(2)7-6-9-19-16(18-3)20-10-8-15-13-23-17(21-15)22-11-4-5-12-22/h13-14H,4-12H2,1-3H3,(H2,18,19,20). The molecule has 0 saturated carbocycles. The molecule has 0 radical (unpaired) electrons. The van der Waals surface area contributed by atoms with Gasteiger partial charge in [0.1, 0.15) is 0 Å². The van der Waals surface area contributed by atoms with Crippen molar-refractivity contribution >= 4 is 22.4 Å². The summed E-state index contributed by atoms with van der Waals surface area (Å²) in [6.07, 6.45) is 5.98. The fourth-order valence-electron chi connectivity index (χ4n) is 2.71. The summed E-state index contributed by atoms with van der Waals surface area (Å²) in [6, 6.07) is 0. The molecule has 2 N–H and O–H groups in total. The number of nitrogens with one attached hydrogen (secondary N) is 2. The quantitative estimate of drug-likeness (QED) is 0.435. The van der Waals surface area contributed by atoms with Gasteiger partial charge in [-0.15, -0.1) is 11.3 Å². The van der Waals surface area contributed by atoms with Crippen molar-refractivity contribution in [1.29, 1.82) is 0 Å². The maximum atomic E-state index is 4.75. The molecule has 6 heteroatoms. The first-order valence-corrected chi connectivity index (χ1v) is 9.71. The van der Waals surface area contributed by atoms with Crippen LogP contribution in [0.1, 0.15) is 45.2 Å². The first-order valence-electron chi connectivity index (χ1n) is 8.83. The van der Waals surface area contributed by atoms with Crippen LogP contribution in [0.5, 0.6) is 0 Å². The first-order chi connectivity index (χ1) is 11.2. The molecule has 130 valence electrons. The van der Waals surface area contributed by atoms with Gasteiger partial charge in [-0.05, 0) is 31.6 Å². The smallest absolute Gasteiger partial charge is 0.190 e. The van der Waals surface area contributed by atoms with Crippen LogP contribution < -0.4 is 15.5 Å². The molecule has 5 nitrogen and oxygen atoms in total. The number of anilines is 1. The minimum absolute atomic E-state index is 0.765. The summed E-state index contributed by atoms with van der Waals surface area (Å²) in [5.74, 6) is 1.66. The van der Waals surface area contributed by atoms with Crippen molar-refractivity contribution < 1.29 is 0 Å². The molecule has 2 rings (SSSR count). The minimum atomic E-state index is 0.765. The third kappa shape index (κ3) is 6.37. The summed E-state index contributed by atoms with van der Waals surface area (Å²) >= 11 is 1.77. The monoisotopic (exact) mass is 337 g/mol. The lowest BCUT2D eigenvalue weighted by atomic mass is 10.1. The molecule has 1 aromatic rings. The van der Waals surface area contributed by atoms with Crippen LogP contribution in [0.15, 0.2) is 10.4 Å². The van der Waals surface area contributed by atoms with Crippen LogP contribution in [0.25, 0.3) is 0 Å². The van der Waals surface area contributed by atoms with Crippen molar-refractivity contribution in [2.75, 3.05) is 38.1 Å². The van der Waals surface area contributed by atoms with Crippen molar-refractivity contribution in [3.8, 4) is 0 Å². The van der Waals surface area contributed by atoms with E-state index in [0.29, 0.717) is 0 Å². The number of thiazole rings is 1. The predicted octanol–water partition coefficient (Wildman–Crippen LogP) is 2.89. The van der Waals surface area contributed by atoms with Gasteiger partial charge >= 0.3 is 0 Å². The van der Waals surface area contributed by atoms with E-state index in [1.165, 1.54) is 36.5 Å². The zero-order valence-corrected chi connectivity index (χ0v) is 15.6. The van der Waals surface area contributed by atoms with Gasteiger partial charge in [0.25, 0.3) is 0 Å². The Morgan fingerprint density at radius 1 is 1.30 bits per heavy atom. The second kappa shape index (κ2) is 9.75. The summed E-state index contributed by atoms with van der Waals surface area (Å²) in [7, 11) is 1.83. The van der Waals surface area contributed by atoms with E-state index in [0.717, 1.165) is 44.5 Å². The molecule has 1 saturated heterocycles. The average Bonchev–Trinajstić information content (AvgIpc) is 3.20. The molecule has 23 heavy (non-hydrogen) atoms. The highest BCUT2D eigenvalue weighted by molar-refractivity contribution is 7.13. The number of nitrogens with zero attached hydrogens (tertiary/aromatic N) is 3. The molecule has 1 fully saturated rings. The Morgan fingerprint density at radius 2 is 2.04 bits per heavy atom. The fraction of sp³-hybridized carbons (Fsp3) is 0.765. The minimum Gasteiger partial charge on any atom is -0.356 e. The van der Waals surface area contributed by atoms with Crippen molar-refractivity contribution in [2.45, 2.75) is 46.0 Å². The van der Waals surface area contributed by atoms with E-state index in [1.54, 1.807) is 11.3 Å². The lowest BCUT2D eigenvalue weighted by Crippen LogP contribution is -2.38. The van der Waals surface area contributed by atoms with Crippen LogP contribution in [-0.4, -0.2) is 44.2 Å². The summed E-state index contributed by atoms with van der Waals surface area (Å²) in [5.41, 5.74) is 1.18. The molecular weight excluding hydrogens is 306 g/mol. The second-order valence-electron chi connectivity index (χ2n) is 6.53. The zero-order chi connectivity index (χ0) is 16.5. The molecule has 0 unspecified atom stereocenters. The maximum Gasteiger partial charge on any atom is 0.190 e. The third-order valence-corrected chi connectivity index (χ3v) is 5.01. The maximum absolute atomic E-state index is 4.75. The van der Waals surface area contributed by atoms with E-state index >= 15 is 0 Å². The topological polar surface area (TPSA) is 52.6 Å². The van der Waals surface area contributed by atoms with Crippen LogP contribution in [0.4, 0.5) is 5.13 Å². The van der Waals surface area contributed by atoms with Crippen LogP contribution in [0.3, 0.4) is 0 Å². The molecule has 0 aromatic carbocycles. The Labute approximate surface area is 144 Å². The second-order valence-corrected chi connectivity index (χ2v) is 7.36. The van der Waals surface area contributed by atoms with E-state index in [9.17, 15) is 0 Å². The Morgan fingerprint density at radius 3 is 2.74 bits per heavy atom. The molecule has 0 amide bonds. The van der Waals surface area contributed by atoms with Crippen molar-refractivity contribution in [2.24, 2.45) is 10.9 Å². The van der Waals surface area contributed by atoms with E-state index in [2.05, 4.69) is 39.8 Å². The third-order valence-electron chi connectivity index (χ3n) is 4.06. The Hall–Kier alpha value is -1.30. The molecule has 1 aliphatic rings. The lowest BCUT2D eigenvalue weighted by Gasteiger charge is -2.13.